The topological polar surface area (TPSA) is 32.3 Å². The minimum atomic E-state index is -0.0628. The standard InChI is InChI=1S/C19H37NO/c1-3-5-7-10-16-11-8-14-19(20-16)15-9-13-18(21)17(19)12-6-4-2/h16-18,20-21H,3-15H2,1-2H3/t16-,17-,18-,19-/m1/s1. The monoisotopic (exact) mass is 295 g/mol. The smallest absolute Gasteiger partial charge is 0.0586 e. The summed E-state index contributed by atoms with van der Waals surface area (Å²) in [5.74, 6) is 0.500. The van der Waals surface area contributed by atoms with Crippen LogP contribution in [0.15, 0.2) is 0 Å². The van der Waals surface area contributed by atoms with Gasteiger partial charge in [-0.1, -0.05) is 52.4 Å². The number of rotatable bonds is 7. The molecule has 124 valence electrons. The first-order chi connectivity index (χ1) is 10.2. The van der Waals surface area contributed by atoms with Crippen LogP contribution >= 0.6 is 0 Å². The van der Waals surface area contributed by atoms with Gasteiger partial charge in [0.2, 0.25) is 0 Å². The van der Waals surface area contributed by atoms with E-state index < -0.39 is 0 Å². The molecule has 1 heterocycles. The fourth-order valence-corrected chi connectivity index (χ4v) is 4.84. The number of hydrogen-bond acceptors (Lipinski definition) is 2. The SMILES string of the molecule is CCCCC[C@@H]1CCC[C@]2(CCC[C@@H](O)[C@H]2CCCC)N1. The van der Waals surface area contributed by atoms with E-state index in [9.17, 15) is 5.11 Å². The first-order valence-corrected chi connectivity index (χ1v) is 9.67. The van der Waals surface area contributed by atoms with Crippen LogP contribution in [0.3, 0.4) is 0 Å². The zero-order chi connectivity index (χ0) is 15.1. The van der Waals surface area contributed by atoms with Crippen molar-refractivity contribution in [3.63, 3.8) is 0 Å². The average molecular weight is 296 g/mol. The Kier molecular flexibility index (Phi) is 7.01. The molecule has 2 N–H and O–H groups in total. The quantitative estimate of drug-likeness (QED) is 0.661. The van der Waals surface area contributed by atoms with Crippen LogP contribution in [0.25, 0.3) is 0 Å². The first-order valence-electron chi connectivity index (χ1n) is 9.67. The average Bonchev–Trinajstić information content (AvgIpc) is 2.47. The van der Waals surface area contributed by atoms with Crippen LogP contribution in [0, 0.1) is 5.92 Å². The van der Waals surface area contributed by atoms with Crippen molar-refractivity contribution in [3.8, 4) is 0 Å². The van der Waals surface area contributed by atoms with E-state index in [-0.39, 0.29) is 11.6 Å². The Morgan fingerprint density at radius 1 is 0.952 bits per heavy atom. The summed E-state index contributed by atoms with van der Waals surface area (Å²) in [7, 11) is 0. The van der Waals surface area contributed by atoms with Crippen LogP contribution in [0.2, 0.25) is 0 Å². The second-order valence-corrected chi connectivity index (χ2v) is 7.59. The largest absolute Gasteiger partial charge is 0.393 e. The number of aliphatic hydroxyl groups is 1. The third-order valence-electron chi connectivity index (χ3n) is 5.99. The van der Waals surface area contributed by atoms with Gasteiger partial charge in [-0.3, -0.25) is 0 Å². The Labute approximate surface area is 132 Å². The van der Waals surface area contributed by atoms with Crippen molar-refractivity contribution in [1.29, 1.82) is 0 Å². The molecule has 0 unspecified atom stereocenters. The summed E-state index contributed by atoms with van der Waals surface area (Å²) in [5, 5.41) is 14.6. The van der Waals surface area contributed by atoms with E-state index in [4.69, 9.17) is 0 Å². The fraction of sp³-hybridized carbons (Fsp3) is 1.00. The molecule has 2 rings (SSSR count). The molecule has 21 heavy (non-hydrogen) atoms. The molecule has 0 amide bonds. The number of nitrogens with one attached hydrogen (secondary N) is 1. The molecule has 0 radical (unpaired) electrons. The van der Waals surface area contributed by atoms with E-state index >= 15 is 0 Å². The van der Waals surface area contributed by atoms with Gasteiger partial charge in [0, 0.05) is 17.5 Å². The summed E-state index contributed by atoms with van der Waals surface area (Å²) < 4.78 is 0. The second-order valence-electron chi connectivity index (χ2n) is 7.59. The van der Waals surface area contributed by atoms with Crippen molar-refractivity contribution < 1.29 is 5.11 Å². The molecule has 0 aromatic rings. The molecule has 1 spiro atoms. The summed E-state index contributed by atoms with van der Waals surface area (Å²) in [6.45, 7) is 4.55. The van der Waals surface area contributed by atoms with E-state index in [0.29, 0.717) is 12.0 Å². The molecule has 1 aliphatic carbocycles. The van der Waals surface area contributed by atoms with Crippen LogP contribution in [-0.2, 0) is 0 Å². The maximum Gasteiger partial charge on any atom is 0.0586 e. The van der Waals surface area contributed by atoms with E-state index in [1.165, 1.54) is 77.0 Å². The Hall–Kier alpha value is -0.0800. The maximum absolute atomic E-state index is 10.6. The van der Waals surface area contributed by atoms with Crippen molar-refractivity contribution in [3.05, 3.63) is 0 Å². The molecule has 4 atom stereocenters. The maximum atomic E-state index is 10.6. The highest BCUT2D eigenvalue weighted by molar-refractivity contribution is 5.04. The van der Waals surface area contributed by atoms with Crippen LogP contribution in [0.4, 0.5) is 0 Å². The lowest BCUT2D eigenvalue weighted by atomic mass is 9.64. The van der Waals surface area contributed by atoms with Gasteiger partial charge in [0.25, 0.3) is 0 Å². The Morgan fingerprint density at radius 3 is 2.38 bits per heavy atom. The van der Waals surface area contributed by atoms with Crippen molar-refractivity contribution in [2.75, 3.05) is 0 Å². The lowest BCUT2D eigenvalue weighted by Crippen LogP contribution is -2.62. The first kappa shape index (κ1) is 17.3. The predicted molar refractivity (Wildman–Crippen MR) is 90.5 cm³/mol. The second kappa shape index (κ2) is 8.53. The molecule has 0 bridgehead atoms. The zero-order valence-electron chi connectivity index (χ0n) is 14.4. The van der Waals surface area contributed by atoms with Crippen molar-refractivity contribution in [1.82, 2.24) is 5.32 Å². The van der Waals surface area contributed by atoms with Crippen molar-refractivity contribution in [2.24, 2.45) is 5.92 Å². The lowest BCUT2D eigenvalue weighted by molar-refractivity contribution is -0.0257. The Balaban J connectivity index is 1.98. The summed E-state index contributed by atoms with van der Waals surface area (Å²) >= 11 is 0. The molecule has 2 nitrogen and oxygen atoms in total. The van der Waals surface area contributed by atoms with Crippen LogP contribution in [0.5, 0.6) is 0 Å². The van der Waals surface area contributed by atoms with E-state index in [0.717, 1.165) is 6.42 Å². The van der Waals surface area contributed by atoms with Crippen molar-refractivity contribution >= 4 is 0 Å². The summed E-state index contributed by atoms with van der Waals surface area (Å²) in [5.41, 5.74) is 0.266. The number of piperidine rings is 1. The molecule has 2 heteroatoms. The molecule has 2 fully saturated rings. The highest BCUT2D eigenvalue weighted by atomic mass is 16.3. The summed E-state index contributed by atoms with van der Waals surface area (Å²) in [6.07, 6.45) is 16.6. The van der Waals surface area contributed by atoms with Gasteiger partial charge in [0.05, 0.1) is 6.10 Å². The van der Waals surface area contributed by atoms with E-state index in [1.807, 2.05) is 0 Å². The van der Waals surface area contributed by atoms with Gasteiger partial charge in [0.15, 0.2) is 0 Å². The number of unbranched alkanes of at least 4 members (excludes halogenated alkanes) is 3. The van der Waals surface area contributed by atoms with Gasteiger partial charge in [-0.05, 0) is 44.9 Å². The lowest BCUT2D eigenvalue weighted by Gasteiger charge is -2.52. The summed E-state index contributed by atoms with van der Waals surface area (Å²) in [4.78, 5) is 0. The van der Waals surface area contributed by atoms with E-state index in [2.05, 4.69) is 19.2 Å². The third kappa shape index (κ3) is 4.45. The molecule has 2 aliphatic rings. The van der Waals surface area contributed by atoms with Crippen LogP contribution in [0.1, 0.15) is 97.3 Å². The van der Waals surface area contributed by atoms with Gasteiger partial charge in [-0.2, -0.15) is 0 Å². The number of aliphatic hydroxyl groups excluding tert-OH is 1. The highest BCUT2D eigenvalue weighted by Gasteiger charge is 2.46. The Bertz CT molecular complexity index is 289. The van der Waals surface area contributed by atoms with Gasteiger partial charge in [-0.25, -0.2) is 0 Å². The van der Waals surface area contributed by atoms with Crippen LogP contribution < -0.4 is 5.32 Å². The molecule has 0 aromatic carbocycles. The van der Waals surface area contributed by atoms with Crippen molar-refractivity contribution in [2.45, 2.75) is 115 Å². The van der Waals surface area contributed by atoms with Crippen LogP contribution in [-0.4, -0.2) is 22.8 Å². The van der Waals surface area contributed by atoms with Gasteiger partial charge >= 0.3 is 0 Å². The molecular formula is C19H37NO. The normalized spacial score (nSPS) is 37.0. The molecule has 0 aromatic heterocycles. The van der Waals surface area contributed by atoms with Gasteiger partial charge in [0.1, 0.15) is 0 Å². The minimum Gasteiger partial charge on any atom is -0.393 e. The fourth-order valence-electron chi connectivity index (χ4n) is 4.84. The van der Waals surface area contributed by atoms with Gasteiger partial charge < -0.3 is 10.4 Å². The van der Waals surface area contributed by atoms with E-state index in [1.54, 1.807) is 0 Å². The molecule has 1 aliphatic heterocycles. The number of hydrogen-bond donors (Lipinski definition) is 2. The Morgan fingerprint density at radius 2 is 1.67 bits per heavy atom. The summed E-state index contributed by atoms with van der Waals surface area (Å²) in [6, 6.07) is 0.708. The highest BCUT2D eigenvalue weighted by Crippen LogP contribution is 2.43. The van der Waals surface area contributed by atoms with Gasteiger partial charge in [-0.15, -0.1) is 0 Å². The molecular weight excluding hydrogens is 258 g/mol. The molecule has 1 saturated carbocycles. The minimum absolute atomic E-state index is 0.0628. The third-order valence-corrected chi connectivity index (χ3v) is 5.99. The molecule has 1 saturated heterocycles. The zero-order valence-corrected chi connectivity index (χ0v) is 14.4. The predicted octanol–water partition coefficient (Wildman–Crippen LogP) is 4.80.